The lowest BCUT2D eigenvalue weighted by molar-refractivity contribution is 0.496. The Hall–Kier alpha value is -0.360. The molecule has 108 valence electrons. The summed E-state index contributed by atoms with van der Waals surface area (Å²) in [4.78, 5) is 4.24. The van der Waals surface area contributed by atoms with Crippen LogP contribution in [0.4, 0.5) is 0 Å². The molecule has 0 aliphatic rings. The van der Waals surface area contributed by atoms with Gasteiger partial charge in [-0.25, -0.2) is 8.42 Å². The molecule has 0 aliphatic carbocycles. The van der Waals surface area contributed by atoms with Crippen molar-refractivity contribution in [2.45, 2.75) is 25.8 Å². The molecule has 0 saturated carbocycles. The summed E-state index contributed by atoms with van der Waals surface area (Å²) in [5, 5.41) is 4.24. The Labute approximate surface area is 124 Å². The zero-order chi connectivity index (χ0) is 14.5. The van der Waals surface area contributed by atoms with Gasteiger partial charge in [0, 0.05) is 18.2 Å². The van der Waals surface area contributed by atoms with E-state index in [1.807, 2.05) is 6.92 Å². The highest BCUT2D eigenvalue weighted by molar-refractivity contribution is 7.90. The lowest BCUT2D eigenvalue weighted by Crippen LogP contribution is -2.23. The number of nitrogens with one attached hydrogen (secondary N) is 1. The van der Waals surface area contributed by atoms with Crippen molar-refractivity contribution in [2.75, 3.05) is 18.6 Å². The van der Waals surface area contributed by atoms with E-state index in [0.717, 1.165) is 6.54 Å². The maximum absolute atomic E-state index is 11.1. The van der Waals surface area contributed by atoms with E-state index < -0.39 is 9.84 Å². The minimum Gasteiger partial charge on any atom is -0.309 e. The molecule has 1 unspecified atom stereocenters. The van der Waals surface area contributed by atoms with E-state index in [4.69, 9.17) is 23.2 Å². The molecule has 0 aromatic carbocycles. The third-order valence-electron chi connectivity index (χ3n) is 2.62. The van der Waals surface area contributed by atoms with Gasteiger partial charge >= 0.3 is 0 Å². The highest BCUT2D eigenvalue weighted by Crippen LogP contribution is 2.26. The van der Waals surface area contributed by atoms with Gasteiger partial charge in [0.15, 0.2) is 0 Å². The number of hydrogen-bond donors (Lipinski definition) is 1. The molecule has 0 radical (unpaired) electrons. The molecule has 1 atom stereocenters. The Morgan fingerprint density at radius 1 is 1.42 bits per heavy atom. The van der Waals surface area contributed by atoms with Crippen molar-refractivity contribution >= 4 is 33.0 Å². The van der Waals surface area contributed by atoms with Crippen molar-refractivity contribution in [1.82, 2.24) is 10.3 Å². The molecule has 1 rings (SSSR count). The highest BCUT2D eigenvalue weighted by atomic mass is 35.5. The van der Waals surface area contributed by atoms with Gasteiger partial charge in [-0.15, -0.1) is 0 Å². The highest BCUT2D eigenvalue weighted by Gasteiger charge is 2.16. The molecule has 0 fully saturated rings. The zero-order valence-corrected chi connectivity index (χ0v) is 13.3. The molecule has 0 saturated heterocycles. The van der Waals surface area contributed by atoms with E-state index in [2.05, 4.69) is 10.3 Å². The molecule has 0 amide bonds. The second-order valence-electron chi connectivity index (χ2n) is 4.40. The molecular formula is C12H18Cl2N2O2S. The Balaban J connectivity index is 2.76. The van der Waals surface area contributed by atoms with Crippen molar-refractivity contribution < 1.29 is 8.42 Å². The van der Waals surface area contributed by atoms with Crippen molar-refractivity contribution in [1.29, 1.82) is 0 Å². The summed E-state index contributed by atoms with van der Waals surface area (Å²) in [5.41, 5.74) is 0.710. The SMILES string of the molecule is CCNC(CCCS(C)(=O)=O)c1ncc(Cl)cc1Cl. The van der Waals surface area contributed by atoms with Crippen LogP contribution < -0.4 is 5.32 Å². The number of pyridine rings is 1. The van der Waals surface area contributed by atoms with Crippen LogP contribution >= 0.6 is 23.2 Å². The van der Waals surface area contributed by atoms with Gasteiger partial charge in [0.1, 0.15) is 9.84 Å². The zero-order valence-electron chi connectivity index (χ0n) is 11.0. The van der Waals surface area contributed by atoms with E-state index in [1.54, 1.807) is 12.3 Å². The van der Waals surface area contributed by atoms with Crippen molar-refractivity contribution in [3.8, 4) is 0 Å². The molecular weight excluding hydrogens is 307 g/mol. The number of nitrogens with zero attached hydrogens (tertiary/aromatic N) is 1. The Bertz CT molecular complexity index is 520. The van der Waals surface area contributed by atoms with Gasteiger partial charge in [0.25, 0.3) is 0 Å². The average molecular weight is 325 g/mol. The quantitative estimate of drug-likeness (QED) is 0.837. The molecule has 1 heterocycles. The van der Waals surface area contributed by atoms with Crippen molar-refractivity contribution in [2.24, 2.45) is 0 Å². The molecule has 0 bridgehead atoms. The fourth-order valence-corrected chi connectivity index (χ4v) is 3.02. The second-order valence-corrected chi connectivity index (χ2v) is 7.51. The lowest BCUT2D eigenvalue weighted by atomic mass is 10.1. The lowest BCUT2D eigenvalue weighted by Gasteiger charge is -2.18. The van der Waals surface area contributed by atoms with Gasteiger partial charge in [-0.3, -0.25) is 4.98 Å². The molecule has 7 heteroatoms. The van der Waals surface area contributed by atoms with Crippen LogP contribution in [0, 0.1) is 0 Å². The summed E-state index contributed by atoms with van der Waals surface area (Å²) in [6.07, 6.45) is 4.01. The van der Waals surface area contributed by atoms with Crippen LogP contribution in [0.2, 0.25) is 10.0 Å². The van der Waals surface area contributed by atoms with E-state index in [1.165, 1.54) is 6.26 Å². The first kappa shape index (κ1) is 16.7. The summed E-state index contributed by atoms with van der Waals surface area (Å²) >= 11 is 11.9. The van der Waals surface area contributed by atoms with E-state index in [-0.39, 0.29) is 11.8 Å². The first-order chi connectivity index (χ1) is 8.83. The number of hydrogen-bond acceptors (Lipinski definition) is 4. The molecule has 0 aliphatic heterocycles. The van der Waals surface area contributed by atoms with Crippen molar-refractivity contribution in [3.63, 3.8) is 0 Å². The maximum Gasteiger partial charge on any atom is 0.147 e. The third-order valence-corrected chi connectivity index (χ3v) is 4.16. The van der Waals surface area contributed by atoms with Crippen LogP contribution in [0.3, 0.4) is 0 Å². The van der Waals surface area contributed by atoms with Crippen LogP contribution in [-0.4, -0.2) is 32.0 Å². The molecule has 4 nitrogen and oxygen atoms in total. The van der Waals surface area contributed by atoms with E-state index in [9.17, 15) is 8.42 Å². The van der Waals surface area contributed by atoms with Crippen LogP contribution in [0.5, 0.6) is 0 Å². The fourth-order valence-electron chi connectivity index (χ4n) is 1.81. The first-order valence-electron chi connectivity index (χ1n) is 6.05. The number of aromatic nitrogens is 1. The normalized spacial score (nSPS) is 13.5. The predicted molar refractivity (Wildman–Crippen MR) is 79.6 cm³/mol. The predicted octanol–water partition coefficient (Wildman–Crippen LogP) is 2.86. The fraction of sp³-hybridized carbons (Fsp3) is 0.583. The van der Waals surface area contributed by atoms with Crippen LogP contribution in [0.15, 0.2) is 12.3 Å². The van der Waals surface area contributed by atoms with Crippen LogP contribution in [-0.2, 0) is 9.84 Å². The monoisotopic (exact) mass is 324 g/mol. The largest absolute Gasteiger partial charge is 0.309 e. The summed E-state index contributed by atoms with van der Waals surface area (Å²) in [6.45, 7) is 2.73. The second kappa shape index (κ2) is 7.43. The Kier molecular flexibility index (Phi) is 6.53. The smallest absolute Gasteiger partial charge is 0.147 e. The van der Waals surface area contributed by atoms with Crippen LogP contribution in [0.25, 0.3) is 0 Å². The van der Waals surface area contributed by atoms with Gasteiger partial charge in [-0.05, 0) is 25.5 Å². The van der Waals surface area contributed by atoms with E-state index >= 15 is 0 Å². The third kappa shape index (κ3) is 6.08. The molecule has 1 N–H and O–H groups in total. The number of halogens is 2. The van der Waals surface area contributed by atoms with Gasteiger partial charge < -0.3 is 5.32 Å². The van der Waals surface area contributed by atoms with E-state index in [0.29, 0.717) is 28.6 Å². The first-order valence-corrected chi connectivity index (χ1v) is 8.87. The standard InChI is InChI=1S/C12H18Cl2N2O2S/c1-3-15-11(5-4-6-19(2,17)18)12-10(14)7-9(13)8-16-12/h7-8,11,15H,3-6H2,1-2H3. The summed E-state index contributed by atoms with van der Waals surface area (Å²) < 4.78 is 22.3. The molecule has 1 aromatic heterocycles. The maximum atomic E-state index is 11.1. The Morgan fingerprint density at radius 2 is 2.11 bits per heavy atom. The summed E-state index contributed by atoms with van der Waals surface area (Å²) in [5.74, 6) is 0.167. The minimum atomic E-state index is -2.94. The number of sulfone groups is 1. The van der Waals surface area contributed by atoms with Crippen molar-refractivity contribution in [3.05, 3.63) is 28.0 Å². The minimum absolute atomic E-state index is 0.0588. The summed E-state index contributed by atoms with van der Waals surface area (Å²) in [7, 11) is -2.94. The molecule has 19 heavy (non-hydrogen) atoms. The number of rotatable bonds is 7. The molecule has 0 spiro atoms. The average Bonchev–Trinajstić information content (AvgIpc) is 2.26. The van der Waals surface area contributed by atoms with Gasteiger partial charge in [-0.1, -0.05) is 30.1 Å². The Morgan fingerprint density at radius 3 is 2.63 bits per heavy atom. The molecule has 1 aromatic rings. The van der Waals surface area contributed by atoms with Gasteiger partial charge in [-0.2, -0.15) is 0 Å². The van der Waals surface area contributed by atoms with Crippen LogP contribution in [0.1, 0.15) is 31.5 Å². The van der Waals surface area contributed by atoms with Gasteiger partial charge in [0.05, 0.1) is 21.8 Å². The topological polar surface area (TPSA) is 59.1 Å². The van der Waals surface area contributed by atoms with Gasteiger partial charge in [0.2, 0.25) is 0 Å². The summed E-state index contributed by atoms with van der Waals surface area (Å²) in [6, 6.07) is 1.59.